The van der Waals surface area contributed by atoms with Crippen LogP contribution in [0.1, 0.15) is 13.8 Å². The Labute approximate surface area is 103 Å². The van der Waals surface area contributed by atoms with Gasteiger partial charge in [0.05, 0.1) is 6.61 Å². The molecule has 17 heavy (non-hydrogen) atoms. The first-order valence-corrected chi connectivity index (χ1v) is 5.67. The van der Waals surface area contributed by atoms with Crippen LogP contribution in [0.5, 0.6) is 0 Å². The van der Waals surface area contributed by atoms with Gasteiger partial charge in [-0.25, -0.2) is 4.79 Å². The van der Waals surface area contributed by atoms with Crippen molar-refractivity contribution in [3.63, 3.8) is 0 Å². The molecule has 0 heterocycles. The zero-order valence-corrected chi connectivity index (χ0v) is 11.1. The Hall–Kier alpha value is -1.36. The van der Waals surface area contributed by atoms with Crippen molar-refractivity contribution in [2.24, 2.45) is 5.92 Å². The van der Waals surface area contributed by atoms with Crippen molar-refractivity contribution in [2.75, 3.05) is 33.8 Å². The number of carbonyl (C=O) groups is 2. The third-order valence-corrected chi connectivity index (χ3v) is 2.30. The highest BCUT2D eigenvalue weighted by molar-refractivity contribution is 5.88. The highest BCUT2D eigenvalue weighted by Gasteiger charge is 2.16. The average Bonchev–Trinajstić information content (AvgIpc) is 2.27. The quantitative estimate of drug-likeness (QED) is 0.519. The van der Waals surface area contributed by atoms with E-state index in [9.17, 15) is 9.59 Å². The van der Waals surface area contributed by atoms with Gasteiger partial charge in [0.15, 0.2) is 0 Å². The number of nitrogens with zero attached hydrogens (tertiary/aromatic N) is 1. The first-order chi connectivity index (χ1) is 7.92. The van der Waals surface area contributed by atoms with Crippen molar-refractivity contribution in [3.05, 3.63) is 12.2 Å². The van der Waals surface area contributed by atoms with Crippen molar-refractivity contribution >= 4 is 11.9 Å². The molecule has 0 aliphatic carbocycles. The van der Waals surface area contributed by atoms with Crippen LogP contribution >= 0.6 is 0 Å². The standard InChI is InChI=1S/C12H22N2O3/c1-6-17-12(16)10(3)8-14(5)7-9(2)11(15)13-4/h9H,3,6-8H2,1-2,4-5H3,(H,13,15). The number of esters is 1. The van der Waals surface area contributed by atoms with Gasteiger partial charge in [-0.05, 0) is 14.0 Å². The number of hydrogen-bond donors (Lipinski definition) is 1. The Bertz CT molecular complexity index is 289. The van der Waals surface area contributed by atoms with E-state index in [0.717, 1.165) is 0 Å². The maximum Gasteiger partial charge on any atom is 0.334 e. The number of hydrogen-bond acceptors (Lipinski definition) is 4. The van der Waals surface area contributed by atoms with E-state index in [1.54, 1.807) is 14.0 Å². The summed E-state index contributed by atoms with van der Waals surface area (Å²) in [7, 11) is 3.44. The molecule has 0 saturated carbocycles. The van der Waals surface area contributed by atoms with Crippen LogP contribution < -0.4 is 5.32 Å². The molecule has 0 rings (SSSR count). The SMILES string of the molecule is C=C(CN(C)CC(C)C(=O)NC)C(=O)OCC. The van der Waals surface area contributed by atoms with Crippen molar-refractivity contribution in [1.29, 1.82) is 0 Å². The van der Waals surface area contributed by atoms with E-state index in [2.05, 4.69) is 11.9 Å². The van der Waals surface area contributed by atoms with E-state index in [0.29, 0.717) is 25.3 Å². The second-order valence-corrected chi connectivity index (χ2v) is 4.04. The van der Waals surface area contributed by atoms with Gasteiger partial charge in [-0.15, -0.1) is 0 Å². The van der Waals surface area contributed by atoms with Crippen molar-refractivity contribution < 1.29 is 14.3 Å². The monoisotopic (exact) mass is 242 g/mol. The second-order valence-electron chi connectivity index (χ2n) is 4.04. The first-order valence-electron chi connectivity index (χ1n) is 5.67. The van der Waals surface area contributed by atoms with E-state index in [-0.39, 0.29) is 17.8 Å². The normalized spacial score (nSPS) is 12.1. The van der Waals surface area contributed by atoms with Gasteiger partial charge in [0, 0.05) is 31.6 Å². The summed E-state index contributed by atoms with van der Waals surface area (Å²) in [6, 6.07) is 0. The molecule has 5 heteroatoms. The third-order valence-electron chi connectivity index (χ3n) is 2.30. The summed E-state index contributed by atoms with van der Waals surface area (Å²) in [5.74, 6) is -0.523. The molecule has 1 unspecified atom stereocenters. The summed E-state index contributed by atoms with van der Waals surface area (Å²) in [4.78, 5) is 24.5. The molecule has 0 aromatic carbocycles. The predicted octanol–water partition coefficient (Wildman–Crippen LogP) is 0.420. The van der Waals surface area contributed by atoms with Crippen LogP contribution in [0.2, 0.25) is 0 Å². The van der Waals surface area contributed by atoms with Gasteiger partial charge in [-0.2, -0.15) is 0 Å². The Morgan fingerprint density at radius 3 is 2.53 bits per heavy atom. The van der Waals surface area contributed by atoms with Gasteiger partial charge < -0.3 is 15.0 Å². The van der Waals surface area contributed by atoms with Gasteiger partial charge in [-0.1, -0.05) is 13.5 Å². The van der Waals surface area contributed by atoms with E-state index >= 15 is 0 Å². The van der Waals surface area contributed by atoms with Crippen LogP contribution in [0.4, 0.5) is 0 Å². The van der Waals surface area contributed by atoms with Gasteiger partial charge >= 0.3 is 5.97 Å². The summed E-state index contributed by atoms with van der Waals surface area (Å²) in [6.45, 7) is 8.57. The summed E-state index contributed by atoms with van der Waals surface area (Å²) in [5, 5.41) is 2.59. The smallest absolute Gasteiger partial charge is 0.334 e. The Morgan fingerprint density at radius 1 is 1.47 bits per heavy atom. The molecule has 0 aliphatic rings. The van der Waals surface area contributed by atoms with Gasteiger partial charge in [0.1, 0.15) is 0 Å². The predicted molar refractivity (Wildman–Crippen MR) is 66.5 cm³/mol. The molecule has 98 valence electrons. The fraction of sp³-hybridized carbons (Fsp3) is 0.667. The van der Waals surface area contributed by atoms with Crippen LogP contribution in [0.15, 0.2) is 12.2 Å². The summed E-state index contributed by atoms with van der Waals surface area (Å²) in [5.41, 5.74) is 0.401. The minimum absolute atomic E-state index is 0.0152. The average molecular weight is 242 g/mol. The summed E-state index contributed by atoms with van der Waals surface area (Å²) >= 11 is 0. The largest absolute Gasteiger partial charge is 0.463 e. The van der Waals surface area contributed by atoms with Crippen LogP contribution in [0.25, 0.3) is 0 Å². The number of carbonyl (C=O) groups excluding carboxylic acids is 2. The molecule has 0 fully saturated rings. The lowest BCUT2D eigenvalue weighted by Gasteiger charge is -2.20. The van der Waals surface area contributed by atoms with Crippen LogP contribution in [0, 0.1) is 5.92 Å². The van der Waals surface area contributed by atoms with E-state index < -0.39 is 0 Å². The van der Waals surface area contributed by atoms with Crippen LogP contribution in [0.3, 0.4) is 0 Å². The minimum atomic E-state index is -0.382. The lowest BCUT2D eigenvalue weighted by Crippen LogP contribution is -2.35. The Balaban J connectivity index is 4.09. The lowest BCUT2D eigenvalue weighted by molar-refractivity contribution is -0.138. The molecule has 1 N–H and O–H groups in total. The van der Waals surface area contributed by atoms with Crippen LogP contribution in [-0.4, -0.2) is 50.6 Å². The second kappa shape index (κ2) is 7.84. The zero-order valence-electron chi connectivity index (χ0n) is 11.1. The minimum Gasteiger partial charge on any atom is -0.463 e. The Kier molecular flexibility index (Phi) is 7.21. The van der Waals surface area contributed by atoms with Crippen LogP contribution in [-0.2, 0) is 14.3 Å². The first kappa shape index (κ1) is 15.6. The Morgan fingerprint density at radius 2 is 2.06 bits per heavy atom. The highest BCUT2D eigenvalue weighted by atomic mass is 16.5. The molecule has 0 aliphatic heterocycles. The molecule has 0 saturated heterocycles. The number of nitrogens with one attached hydrogen (secondary N) is 1. The number of ether oxygens (including phenoxy) is 1. The number of rotatable bonds is 7. The van der Waals surface area contributed by atoms with Crippen molar-refractivity contribution in [2.45, 2.75) is 13.8 Å². The number of amides is 1. The number of likely N-dealkylation sites (N-methyl/N-ethyl adjacent to an activating group) is 1. The maximum absolute atomic E-state index is 11.3. The van der Waals surface area contributed by atoms with E-state index in [1.807, 2.05) is 18.9 Å². The topological polar surface area (TPSA) is 58.6 Å². The molecule has 1 atom stereocenters. The molecule has 0 radical (unpaired) electrons. The van der Waals surface area contributed by atoms with E-state index in [4.69, 9.17) is 4.74 Å². The van der Waals surface area contributed by atoms with Gasteiger partial charge in [-0.3, -0.25) is 4.79 Å². The molecule has 0 aromatic heterocycles. The molecule has 1 amide bonds. The van der Waals surface area contributed by atoms with Crippen molar-refractivity contribution in [1.82, 2.24) is 10.2 Å². The van der Waals surface area contributed by atoms with E-state index in [1.165, 1.54) is 0 Å². The fourth-order valence-electron chi connectivity index (χ4n) is 1.48. The maximum atomic E-state index is 11.3. The fourth-order valence-corrected chi connectivity index (χ4v) is 1.48. The molecular weight excluding hydrogens is 220 g/mol. The molecule has 0 aromatic rings. The zero-order chi connectivity index (χ0) is 13.4. The molecule has 0 spiro atoms. The lowest BCUT2D eigenvalue weighted by atomic mass is 10.1. The third kappa shape index (κ3) is 6.06. The van der Waals surface area contributed by atoms with Gasteiger partial charge in [0.25, 0.3) is 0 Å². The highest BCUT2D eigenvalue weighted by Crippen LogP contribution is 2.02. The molecule has 5 nitrogen and oxygen atoms in total. The molecular formula is C12H22N2O3. The van der Waals surface area contributed by atoms with Gasteiger partial charge in [0.2, 0.25) is 5.91 Å². The summed E-state index contributed by atoms with van der Waals surface area (Å²) in [6.07, 6.45) is 0. The van der Waals surface area contributed by atoms with Crippen molar-refractivity contribution in [3.8, 4) is 0 Å². The summed E-state index contributed by atoms with van der Waals surface area (Å²) < 4.78 is 4.83. The molecule has 0 bridgehead atoms.